The standard InChI is InChI=1S/C10H14F3N3OS/c11-10(12,13)8-2-3-9(16-15-8)14-4-7-18-6-1-5-17/h2-3,17H,1,4-7H2,(H,14,16). The van der Waals surface area contributed by atoms with Gasteiger partial charge in [0.05, 0.1) is 0 Å². The third kappa shape index (κ3) is 5.54. The highest BCUT2D eigenvalue weighted by Crippen LogP contribution is 2.26. The molecule has 0 aliphatic carbocycles. The second-order valence-electron chi connectivity index (χ2n) is 3.42. The van der Waals surface area contributed by atoms with Crippen molar-refractivity contribution >= 4 is 17.6 Å². The van der Waals surface area contributed by atoms with Crippen LogP contribution in [-0.2, 0) is 6.18 Å². The van der Waals surface area contributed by atoms with Gasteiger partial charge in [0, 0.05) is 18.9 Å². The number of aliphatic hydroxyl groups excluding tert-OH is 1. The van der Waals surface area contributed by atoms with E-state index in [9.17, 15) is 13.2 Å². The number of aliphatic hydroxyl groups is 1. The number of thioether (sulfide) groups is 1. The summed E-state index contributed by atoms with van der Waals surface area (Å²) in [7, 11) is 0. The topological polar surface area (TPSA) is 58.0 Å². The lowest BCUT2D eigenvalue weighted by Gasteiger charge is -2.07. The monoisotopic (exact) mass is 281 g/mol. The predicted octanol–water partition coefficient (Wildman–Crippen LogP) is 2.02. The fourth-order valence-corrected chi connectivity index (χ4v) is 1.88. The molecule has 0 fully saturated rings. The summed E-state index contributed by atoms with van der Waals surface area (Å²) in [4.78, 5) is 0. The van der Waals surface area contributed by atoms with Gasteiger partial charge in [0.25, 0.3) is 0 Å². The molecule has 0 saturated heterocycles. The zero-order chi connectivity index (χ0) is 13.4. The molecule has 8 heteroatoms. The van der Waals surface area contributed by atoms with E-state index in [0.29, 0.717) is 12.4 Å². The van der Waals surface area contributed by atoms with Crippen LogP contribution in [0.2, 0.25) is 0 Å². The zero-order valence-electron chi connectivity index (χ0n) is 9.57. The Balaban J connectivity index is 2.27. The molecule has 18 heavy (non-hydrogen) atoms. The van der Waals surface area contributed by atoms with Crippen molar-refractivity contribution in [1.29, 1.82) is 0 Å². The summed E-state index contributed by atoms with van der Waals surface area (Å²) in [6.07, 6.45) is -3.71. The maximum atomic E-state index is 12.2. The van der Waals surface area contributed by atoms with Crippen LogP contribution < -0.4 is 5.32 Å². The number of anilines is 1. The van der Waals surface area contributed by atoms with Crippen LogP contribution in [0.4, 0.5) is 19.0 Å². The molecule has 1 rings (SSSR count). The minimum Gasteiger partial charge on any atom is -0.396 e. The Morgan fingerprint density at radius 3 is 2.56 bits per heavy atom. The van der Waals surface area contributed by atoms with Crippen molar-refractivity contribution in [2.75, 3.05) is 30.0 Å². The Morgan fingerprint density at radius 1 is 1.22 bits per heavy atom. The molecule has 0 radical (unpaired) electrons. The number of nitrogens with zero attached hydrogens (tertiary/aromatic N) is 2. The largest absolute Gasteiger partial charge is 0.435 e. The summed E-state index contributed by atoms with van der Waals surface area (Å²) in [6, 6.07) is 2.16. The van der Waals surface area contributed by atoms with Crippen LogP contribution in [0.5, 0.6) is 0 Å². The number of halogens is 3. The van der Waals surface area contributed by atoms with Crippen LogP contribution in [-0.4, -0.2) is 40.0 Å². The summed E-state index contributed by atoms with van der Waals surface area (Å²) in [5, 5.41) is 18.0. The van der Waals surface area contributed by atoms with E-state index in [-0.39, 0.29) is 6.61 Å². The first-order valence-electron chi connectivity index (χ1n) is 5.37. The maximum Gasteiger partial charge on any atom is 0.435 e. The minimum absolute atomic E-state index is 0.171. The highest BCUT2D eigenvalue weighted by Gasteiger charge is 2.32. The summed E-state index contributed by atoms with van der Waals surface area (Å²) >= 11 is 1.65. The van der Waals surface area contributed by atoms with Crippen LogP contribution in [0.1, 0.15) is 12.1 Å². The van der Waals surface area contributed by atoms with Crippen molar-refractivity contribution in [2.45, 2.75) is 12.6 Å². The van der Waals surface area contributed by atoms with Gasteiger partial charge < -0.3 is 10.4 Å². The molecule has 0 aromatic carbocycles. The summed E-state index contributed by atoms with van der Waals surface area (Å²) in [6.45, 7) is 0.765. The van der Waals surface area contributed by atoms with Crippen LogP contribution in [0.15, 0.2) is 12.1 Å². The molecule has 102 valence electrons. The van der Waals surface area contributed by atoms with Gasteiger partial charge in [-0.3, -0.25) is 0 Å². The molecule has 2 N–H and O–H groups in total. The van der Waals surface area contributed by atoms with Crippen LogP contribution >= 0.6 is 11.8 Å². The molecule has 0 saturated carbocycles. The number of nitrogens with one attached hydrogen (secondary N) is 1. The molecule has 1 aromatic rings. The van der Waals surface area contributed by atoms with E-state index in [0.717, 1.165) is 24.0 Å². The average molecular weight is 281 g/mol. The van der Waals surface area contributed by atoms with Crippen molar-refractivity contribution in [3.63, 3.8) is 0 Å². The average Bonchev–Trinajstić information content (AvgIpc) is 2.33. The fourth-order valence-electron chi connectivity index (χ4n) is 1.10. The molecule has 0 amide bonds. The van der Waals surface area contributed by atoms with Crippen LogP contribution in [0.25, 0.3) is 0 Å². The van der Waals surface area contributed by atoms with E-state index in [2.05, 4.69) is 15.5 Å². The smallest absolute Gasteiger partial charge is 0.396 e. The summed E-state index contributed by atoms with van der Waals surface area (Å²) < 4.78 is 36.6. The maximum absolute atomic E-state index is 12.2. The Kier molecular flexibility index (Phi) is 6.20. The van der Waals surface area contributed by atoms with Gasteiger partial charge in [0.15, 0.2) is 5.69 Å². The van der Waals surface area contributed by atoms with E-state index in [1.54, 1.807) is 11.8 Å². The molecule has 0 spiro atoms. The van der Waals surface area contributed by atoms with E-state index in [1.165, 1.54) is 6.07 Å². The van der Waals surface area contributed by atoms with Gasteiger partial charge in [0.1, 0.15) is 5.82 Å². The normalized spacial score (nSPS) is 11.6. The van der Waals surface area contributed by atoms with E-state index < -0.39 is 11.9 Å². The third-order valence-electron chi connectivity index (χ3n) is 1.95. The summed E-state index contributed by atoms with van der Waals surface area (Å²) in [5.74, 6) is 1.98. The van der Waals surface area contributed by atoms with E-state index in [1.807, 2.05) is 0 Å². The van der Waals surface area contributed by atoms with E-state index >= 15 is 0 Å². The first kappa shape index (κ1) is 15.0. The number of alkyl halides is 3. The molecule has 0 bridgehead atoms. The first-order valence-corrected chi connectivity index (χ1v) is 6.53. The lowest BCUT2D eigenvalue weighted by molar-refractivity contribution is -0.141. The molecule has 1 heterocycles. The fraction of sp³-hybridized carbons (Fsp3) is 0.600. The van der Waals surface area contributed by atoms with Gasteiger partial charge in [-0.1, -0.05) is 0 Å². The van der Waals surface area contributed by atoms with Gasteiger partial charge in [-0.05, 0) is 24.3 Å². The molecule has 0 aliphatic heterocycles. The number of hydrogen-bond donors (Lipinski definition) is 2. The van der Waals surface area contributed by atoms with Crippen LogP contribution in [0, 0.1) is 0 Å². The first-order chi connectivity index (χ1) is 8.54. The van der Waals surface area contributed by atoms with Gasteiger partial charge in [-0.15, -0.1) is 10.2 Å². The second-order valence-corrected chi connectivity index (χ2v) is 4.64. The second kappa shape index (κ2) is 7.42. The lowest BCUT2D eigenvalue weighted by Crippen LogP contribution is -2.11. The van der Waals surface area contributed by atoms with Gasteiger partial charge in [-0.25, -0.2) is 0 Å². The highest BCUT2D eigenvalue weighted by atomic mass is 32.2. The molecule has 0 atom stereocenters. The Labute approximate surface area is 107 Å². The van der Waals surface area contributed by atoms with Crippen molar-refractivity contribution in [3.05, 3.63) is 17.8 Å². The van der Waals surface area contributed by atoms with Crippen LogP contribution in [0.3, 0.4) is 0 Å². The molecule has 0 aliphatic rings. The number of rotatable bonds is 7. The highest BCUT2D eigenvalue weighted by molar-refractivity contribution is 7.99. The number of aromatic nitrogens is 2. The van der Waals surface area contributed by atoms with Crippen molar-refractivity contribution in [1.82, 2.24) is 10.2 Å². The predicted molar refractivity (Wildman–Crippen MR) is 64.6 cm³/mol. The molecule has 0 unspecified atom stereocenters. The van der Waals surface area contributed by atoms with Gasteiger partial charge >= 0.3 is 6.18 Å². The SMILES string of the molecule is OCCCSCCNc1ccc(C(F)(F)F)nn1. The molecular weight excluding hydrogens is 267 g/mol. The number of hydrogen-bond acceptors (Lipinski definition) is 5. The van der Waals surface area contributed by atoms with Crippen molar-refractivity contribution in [2.24, 2.45) is 0 Å². The molecular formula is C10H14F3N3OS. The molecule has 1 aromatic heterocycles. The van der Waals surface area contributed by atoms with Gasteiger partial charge in [-0.2, -0.15) is 24.9 Å². The Hall–Kier alpha value is -1.02. The Morgan fingerprint density at radius 2 is 2.00 bits per heavy atom. The molecule has 4 nitrogen and oxygen atoms in total. The quantitative estimate of drug-likeness (QED) is 0.749. The third-order valence-corrected chi connectivity index (χ3v) is 3.02. The van der Waals surface area contributed by atoms with E-state index in [4.69, 9.17) is 5.11 Å². The van der Waals surface area contributed by atoms with Crippen molar-refractivity contribution < 1.29 is 18.3 Å². The zero-order valence-corrected chi connectivity index (χ0v) is 10.4. The summed E-state index contributed by atoms with van der Waals surface area (Å²) in [5.41, 5.74) is -0.995. The van der Waals surface area contributed by atoms with Gasteiger partial charge in [0.2, 0.25) is 0 Å². The van der Waals surface area contributed by atoms with Crippen molar-refractivity contribution in [3.8, 4) is 0 Å². The Bertz CT molecular complexity index is 345. The minimum atomic E-state index is -4.45. The lowest BCUT2D eigenvalue weighted by atomic mass is 10.4.